The minimum absolute atomic E-state index is 0.0764. The van der Waals surface area contributed by atoms with Gasteiger partial charge in [0.25, 0.3) is 0 Å². The number of rotatable bonds is 0. The van der Waals surface area contributed by atoms with Crippen LogP contribution < -0.4 is 0 Å². The largest absolute Gasteiger partial charge is 0.298 e. The fourth-order valence-electron chi connectivity index (χ4n) is 1.30. The average Bonchev–Trinajstić information content (AvgIpc) is 1.93. The summed E-state index contributed by atoms with van der Waals surface area (Å²) in [5, 5.41) is 0. The Morgan fingerprint density at radius 3 is 2.64 bits per heavy atom. The van der Waals surface area contributed by atoms with E-state index in [4.69, 9.17) is 0 Å². The summed E-state index contributed by atoms with van der Waals surface area (Å²) in [5.41, 5.74) is 0. The van der Waals surface area contributed by atoms with Crippen molar-refractivity contribution < 1.29 is 9.59 Å². The van der Waals surface area contributed by atoms with Crippen LogP contribution in [0.5, 0.6) is 0 Å². The van der Waals surface area contributed by atoms with E-state index in [2.05, 4.69) is 0 Å². The van der Waals surface area contributed by atoms with Gasteiger partial charge < -0.3 is 0 Å². The van der Waals surface area contributed by atoms with Crippen LogP contribution in [0, 0.1) is 5.92 Å². The molecule has 0 bridgehead atoms. The molecule has 1 aliphatic heterocycles. The van der Waals surface area contributed by atoms with Crippen molar-refractivity contribution in [3.05, 3.63) is 0 Å². The van der Waals surface area contributed by atoms with Crippen LogP contribution in [-0.4, -0.2) is 36.6 Å². The minimum atomic E-state index is -0.0764. The van der Waals surface area contributed by atoms with Crippen LogP contribution in [0.1, 0.15) is 13.3 Å². The van der Waals surface area contributed by atoms with Gasteiger partial charge in [-0.05, 0) is 7.05 Å². The number of hydrogen-bond acceptors (Lipinski definition) is 3. The van der Waals surface area contributed by atoms with Crippen LogP contribution in [0.3, 0.4) is 0 Å². The molecule has 0 radical (unpaired) electrons. The van der Waals surface area contributed by atoms with E-state index >= 15 is 0 Å². The van der Waals surface area contributed by atoms with Crippen LogP contribution in [0.4, 0.5) is 0 Å². The third-order valence-electron chi connectivity index (χ3n) is 1.96. The second-order valence-corrected chi connectivity index (χ2v) is 3.28. The second-order valence-electron chi connectivity index (χ2n) is 3.28. The van der Waals surface area contributed by atoms with Crippen molar-refractivity contribution in [2.45, 2.75) is 13.3 Å². The maximum atomic E-state index is 11.2. The lowest BCUT2D eigenvalue weighted by Gasteiger charge is -2.09. The van der Waals surface area contributed by atoms with Gasteiger partial charge in [0.05, 0.1) is 13.1 Å². The number of Topliss-reactive ketones (excluding diaryl/α,β-unsaturated/α-hetero) is 2. The van der Waals surface area contributed by atoms with Gasteiger partial charge in [-0.15, -0.1) is 0 Å². The van der Waals surface area contributed by atoms with E-state index in [1.807, 2.05) is 6.92 Å². The first-order chi connectivity index (χ1) is 5.09. The van der Waals surface area contributed by atoms with Gasteiger partial charge in [-0.25, -0.2) is 0 Å². The maximum absolute atomic E-state index is 11.2. The van der Waals surface area contributed by atoms with Gasteiger partial charge in [-0.3, -0.25) is 14.5 Å². The predicted molar refractivity (Wildman–Crippen MR) is 41.3 cm³/mol. The van der Waals surface area contributed by atoms with Gasteiger partial charge in [-0.1, -0.05) is 6.92 Å². The molecule has 0 N–H and O–H groups in total. The molecule has 1 unspecified atom stereocenters. The highest BCUT2D eigenvalue weighted by molar-refractivity contribution is 5.91. The van der Waals surface area contributed by atoms with Gasteiger partial charge in [0.15, 0.2) is 0 Å². The summed E-state index contributed by atoms with van der Waals surface area (Å²) in [7, 11) is 1.80. The molecule has 1 aliphatic rings. The SMILES string of the molecule is CC1CC(=O)CN(C)CC1=O. The lowest BCUT2D eigenvalue weighted by Crippen LogP contribution is -2.27. The molecule has 1 heterocycles. The summed E-state index contributed by atoms with van der Waals surface area (Å²) >= 11 is 0. The molecule has 1 saturated heterocycles. The summed E-state index contributed by atoms with van der Waals surface area (Å²) < 4.78 is 0. The van der Waals surface area contributed by atoms with Gasteiger partial charge in [0.2, 0.25) is 0 Å². The van der Waals surface area contributed by atoms with Crippen molar-refractivity contribution in [3.8, 4) is 0 Å². The lowest BCUT2D eigenvalue weighted by atomic mass is 10.0. The number of likely N-dealkylation sites (N-methyl/N-ethyl adjacent to an activating group) is 1. The fraction of sp³-hybridized carbons (Fsp3) is 0.750. The Morgan fingerprint density at radius 2 is 2.00 bits per heavy atom. The van der Waals surface area contributed by atoms with Crippen LogP contribution in [0.25, 0.3) is 0 Å². The molecule has 1 atom stereocenters. The van der Waals surface area contributed by atoms with Gasteiger partial charge in [0.1, 0.15) is 11.6 Å². The van der Waals surface area contributed by atoms with Crippen LogP contribution in [0.15, 0.2) is 0 Å². The van der Waals surface area contributed by atoms with E-state index < -0.39 is 0 Å². The molecule has 3 heteroatoms. The van der Waals surface area contributed by atoms with E-state index in [-0.39, 0.29) is 17.5 Å². The van der Waals surface area contributed by atoms with Crippen molar-refractivity contribution in [1.82, 2.24) is 4.90 Å². The number of carbonyl (C=O) groups is 2. The van der Waals surface area contributed by atoms with E-state index in [0.29, 0.717) is 19.5 Å². The highest BCUT2D eigenvalue weighted by atomic mass is 16.1. The first-order valence-electron chi connectivity index (χ1n) is 3.82. The molecule has 11 heavy (non-hydrogen) atoms. The molecule has 62 valence electrons. The number of hydrogen-bond donors (Lipinski definition) is 0. The highest BCUT2D eigenvalue weighted by Gasteiger charge is 2.23. The van der Waals surface area contributed by atoms with Crippen molar-refractivity contribution >= 4 is 11.6 Å². The molecule has 0 spiro atoms. The summed E-state index contributed by atoms with van der Waals surface area (Å²) in [6.45, 7) is 2.67. The average molecular weight is 155 g/mol. The Bertz CT molecular complexity index is 189. The number of nitrogens with zero attached hydrogens (tertiary/aromatic N) is 1. The normalized spacial score (nSPS) is 28.7. The number of ketones is 2. The second kappa shape index (κ2) is 3.13. The van der Waals surface area contributed by atoms with Crippen LogP contribution >= 0.6 is 0 Å². The first-order valence-corrected chi connectivity index (χ1v) is 3.82. The van der Waals surface area contributed by atoms with E-state index in [0.717, 1.165) is 0 Å². The molecule has 0 saturated carbocycles. The molecule has 0 aromatic carbocycles. The molecule has 0 aromatic rings. The predicted octanol–water partition coefficient (Wildman–Crippen LogP) is 0.0962. The number of likely N-dealkylation sites (tertiary alicyclic amines) is 1. The zero-order valence-corrected chi connectivity index (χ0v) is 6.96. The zero-order valence-electron chi connectivity index (χ0n) is 6.96. The number of carbonyl (C=O) groups excluding carboxylic acids is 2. The Hall–Kier alpha value is -0.700. The Labute approximate surface area is 66.4 Å². The van der Waals surface area contributed by atoms with Crippen molar-refractivity contribution in [2.24, 2.45) is 5.92 Å². The zero-order chi connectivity index (χ0) is 8.43. The third kappa shape index (κ3) is 2.12. The topological polar surface area (TPSA) is 37.4 Å². The molecular weight excluding hydrogens is 142 g/mol. The fourth-order valence-corrected chi connectivity index (χ4v) is 1.30. The standard InChI is InChI=1S/C8H13NO2/c1-6-3-7(10)4-9(2)5-8(6)11/h6H,3-5H2,1-2H3. The van der Waals surface area contributed by atoms with Crippen molar-refractivity contribution in [3.63, 3.8) is 0 Å². The summed E-state index contributed by atoms with van der Waals surface area (Å²) in [6.07, 6.45) is 0.420. The first kappa shape index (κ1) is 8.40. The smallest absolute Gasteiger partial charge is 0.150 e. The van der Waals surface area contributed by atoms with Gasteiger partial charge in [-0.2, -0.15) is 0 Å². The molecule has 0 aliphatic carbocycles. The lowest BCUT2D eigenvalue weighted by molar-refractivity contribution is -0.124. The van der Waals surface area contributed by atoms with Gasteiger partial charge >= 0.3 is 0 Å². The van der Waals surface area contributed by atoms with Crippen LogP contribution in [-0.2, 0) is 9.59 Å². The molecule has 1 fully saturated rings. The van der Waals surface area contributed by atoms with E-state index in [1.54, 1.807) is 11.9 Å². The molecule has 0 amide bonds. The van der Waals surface area contributed by atoms with Crippen molar-refractivity contribution in [1.29, 1.82) is 0 Å². The molecule has 0 aromatic heterocycles. The van der Waals surface area contributed by atoms with E-state index in [9.17, 15) is 9.59 Å². The van der Waals surface area contributed by atoms with Crippen molar-refractivity contribution in [2.75, 3.05) is 20.1 Å². The van der Waals surface area contributed by atoms with Crippen LogP contribution in [0.2, 0.25) is 0 Å². The summed E-state index contributed by atoms with van der Waals surface area (Å²) in [4.78, 5) is 24.0. The Balaban J connectivity index is 2.66. The van der Waals surface area contributed by atoms with Gasteiger partial charge in [0, 0.05) is 12.3 Å². The third-order valence-corrected chi connectivity index (χ3v) is 1.96. The minimum Gasteiger partial charge on any atom is -0.298 e. The summed E-state index contributed by atoms with van der Waals surface area (Å²) in [5.74, 6) is 0.275. The van der Waals surface area contributed by atoms with E-state index in [1.165, 1.54) is 0 Å². The highest BCUT2D eigenvalue weighted by Crippen LogP contribution is 2.09. The monoisotopic (exact) mass is 155 g/mol. The molecular formula is C8H13NO2. The Morgan fingerprint density at radius 1 is 1.36 bits per heavy atom. The maximum Gasteiger partial charge on any atom is 0.150 e. The molecule has 1 rings (SSSR count). The summed E-state index contributed by atoms with van der Waals surface area (Å²) in [6, 6.07) is 0. The Kier molecular flexibility index (Phi) is 2.39. The molecule has 3 nitrogen and oxygen atoms in total. The quantitative estimate of drug-likeness (QED) is 0.497.